The number of likely N-dealkylation sites (tertiary alicyclic amines) is 1. The Kier molecular flexibility index (Phi) is 3.72. The van der Waals surface area contributed by atoms with Gasteiger partial charge in [-0.2, -0.15) is 0 Å². The molecular formula is C17H19N3O4. The van der Waals surface area contributed by atoms with Gasteiger partial charge in [-0.25, -0.2) is 9.97 Å². The highest BCUT2D eigenvalue weighted by atomic mass is 16.5. The normalized spacial score (nSPS) is 22.2. The van der Waals surface area contributed by atoms with E-state index in [2.05, 4.69) is 9.97 Å². The molecule has 4 heterocycles. The lowest BCUT2D eigenvalue weighted by molar-refractivity contribution is -0.174. The average molecular weight is 329 g/mol. The largest absolute Gasteiger partial charge is 0.460 e. The van der Waals surface area contributed by atoms with E-state index in [1.807, 2.05) is 13.0 Å². The molecule has 2 fully saturated rings. The van der Waals surface area contributed by atoms with Crippen LogP contribution >= 0.6 is 0 Å². The van der Waals surface area contributed by atoms with Gasteiger partial charge in [0.2, 0.25) is 0 Å². The predicted octanol–water partition coefficient (Wildman–Crippen LogP) is 1.83. The third-order valence-corrected chi connectivity index (χ3v) is 4.47. The Hall–Kier alpha value is -2.41. The summed E-state index contributed by atoms with van der Waals surface area (Å²) in [4.78, 5) is 22.4. The van der Waals surface area contributed by atoms with Gasteiger partial charge in [0.15, 0.2) is 5.76 Å². The summed E-state index contributed by atoms with van der Waals surface area (Å²) in [5, 5.41) is 0. The van der Waals surface area contributed by atoms with E-state index < -0.39 is 0 Å². The van der Waals surface area contributed by atoms with Crippen LogP contribution in [0, 0.1) is 6.92 Å². The lowest BCUT2D eigenvalue weighted by Gasteiger charge is -2.52. The molecular weight excluding hydrogens is 310 g/mol. The van der Waals surface area contributed by atoms with Crippen LogP contribution in [0.15, 0.2) is 35.1 Å². The van der Waals surface area contributed by atoms with Crippen LogP contribution in [0.5, 0.6) is 6.01 Å². The SMILES string of the molecule is Cc1ccnc(OC2CCOC3(C2)CN(C(=O)c2ccco2)C3)n1. The molecule has 7 heteroatoms. The van der Waals surface area contributed by atoms with Gasteiger partial charge in [0.1, 0.15) is 11.7 Å². The maximum absolute atomic E-state index is 12.2. The van der Waals surface area contributed by atoms with E-state index in [0.29, 0.717) is 31.5 Å². The molecule has 2 aromatic rings. The maximum atomic E-state index is 12.2. The number of hydrogen-bond acceptors (Lipinski definition) is 6. The minimum absolute atomic E-state index is 0.00131. The first-order valence-electron chi connectivity index (χ1n) is 8.07. The van der Waals surface area contributed by atoms with Crippen molar-refractivity contribution in [3.63, 3.8) is 0 Å². The van der Waals surface area contributed by atoms with Crippen LogP contribution in [-0.4, -0.2) is 52.2 Å². The van der Waals surface area contributed by atoms with Crippen molar-refractivity contribution in [1.82, 2.24) is 14.9 Å². The molecule has 1 amide bonds. The second-order valence-electron chi connectivity index (χ2n) is 6.38. The second-order valence-corrected chi connectivity index (χ2v) is 6.38. The zero-order chi connectivity index (χ0) is 16.6. The minimum Gasteiger partial charge on any atom is -0.460 e. The Labute approximate surface area is 139 Å². The van der Waals surface area contributed by atoms with Crippen LogP contribution in [0.2, 0.25) is 0 Å². The fourth-order valence-corrected chi connectivity index (χ4v) is 3.28. The number of hydrogen-bond donors (Lipinski definition) is 0. The summed E-state index contributed by atoms with van der Waals surface area (Å²) >= 11 is 0. The predicted molar refractivity (Wildman–Crippen MR) is 83.7 cm³/mol. The van der Waals surface area contributed by atoms with E-state index in [9.17, 15) is 4.79 Å². The van der Waals surface area contributed by atoms with Crippen molar-refractivity contribution in [1.29, 1.82) is 0 Å². The van der Waals surface area contributed by atoms with Crippen molar-refractivity contribution in [3.05, 3.63) is 42.1 Å². The van der Waals surface area contributed by atoms with E-state index in [4.69, 9.17) is 13.9 Å². The molecule has 0 N–H and O–H groups in total. The van der Waals surface area contributed by atoms with Gasteiger partial charge in [-0.15, -0.1) is 0 Å². The van der Waals surface area contributed by atoms with E-state index in [0.717, 1.165) is 18.5 Å². The molecule has 0 aromatic carbocycles. The zero-order valence-corrected chi connectivity index (χ0v) is 13.5. The lowest BCUT2D eigenvalue weighted by atomic mass is 9.84. The van der Waals surface area contributed by atoms with Crippen molar-refractivity contribution in [2.45, 2.75) is 31.5 Å². The first-order valence-corrected chi connectivity index (χ1v) is 8.07. The minimum atomic E-state index is -0.324. The highest BCUT2D eigenvalue weighted by Gasteiger charge is 2.50. The molecule has 2 aliphatic heterocycles. The first kappa shape index (κ1) is 15.1. The number of nitrogens with zero attached hydrogens (tertiary/aromatic N) is 3. The molecule has 126 valence electrons. The van der Waals surface area contributed by atoms with Gasteiger partial charge in [-0.1, -0.05) is 0 Å². The molecule has 0 saturated carbocycles. The van der Waals surface area contributed by atoms with Crippen molar-refractivity contribution in [3.8, 4) is 6.01 Å². The number of rotatable bonds is 3. The van der Waals surface area contributed by atoms with E-state index in [1.165, 1.54) is 6.26 Å². The van der Waals surface area contributed by atoms with Crippen molar-refractivity contribution < 1.29 is 18.7 Å². The Morgan fingerprint density at radius 2 is 2.29 bits per heavy atom. The summed E-state index contributed by atoms with van der Waals surface area (Å²) in [5.74, 6) is 0.265. The third-order valence-electron chi connectivity index (χ3n) is 4.47. The molecule has 1 unspecified atom stereocenters. The molecule has 4 rings (SSSR count). The fraction of sp³-hybridized carbons (Fsp3) is 0.471. The number of carbonyl (C=O) groups excluding carboxylic acids is 1. The molecule has 2 aliphatic rings. The smallest absolute Gasteiger partial charge is 0.316 e. The number of ether oxygens (including phenoxy) is 2. The Balaban J connectivity index is 1.37. The summed E-state index contributed by atoms with van der Waals surface area (Å²) in [7, 11) is 0. The number of amides is 1. The van der Waals surface area contributed by atoms with Gasteiger partial charge in [-0.05, 0) is 25.1 Å². The van der Waals surface area contributed by atoms with Crippen molar-refractivity contribution in [2.24, 2.45) is 0 Å². The Bertz CT molecular complexity index is 725. The zero-order valence-electron chi connectivity index (χ0n) is 13.5. The molecule has 24 heavy (non-hydrogen) atoms. The van der Waals surface area contributed by atoms with E-state index >= 15 is 0 Å². The summed E-state index contributed by atoms with van der Waals surface area (Å²) in [5.41, 5.74) is 0.551. The fourth-order valence-electron chi connectivity index (χ4n) is 3.28. The third kappa shape index (κ3) is 2.87. The van der Waals surface area contributed by atoms with E-state index in [1.54, 1.807) is 23.2 Å². The summed E-state index contributed by atoms with van der Waals surface area (Å²) in [6, 6.07) is 5.63. The highest BCUT2D eigenvalue weighted by molar-refractivity contribution is 5.92. The molecule has 0 bridgehead atoms. The van der Waals surface area contributed by atoms with Gasteiger partial charge in [0.05, 0.1) is 26.0 Å². The molecule has 2 saturated heterocycles. The van der Waals surface area contributed by atoms with Crippen molar-refractivity contribution in [2.75, 3.05) is 19.7 Å². The van der Waals surface area contributed by atoms with Crippen LogP contribution in [0.1, 0.15) is 29.1 Å². The number of furan rings is 1. The number of aryl methyl sites for hydroxylation is 1. The molecule has 1 atom stereocenters. The standard InChI is InChI=1S/C17H19N3O4/c1-12-4-6-18-16(19-12)24-13-5-8-23-17(9-13)10-20(11-17)15(21)14-3-2-7-22-14/h2-4,6-7,13H,5,8-11H2,1H3. The van der Waals surface area contributed by atoms with Gasteiger partial charge in [0.25, 0.3) is 5.91 Å². The van der Waals surface area contributed by atoms with Gasteiger partial charge in [0, 0.05) is 24.7 Å². The quantitative estimate of drug-likeness (QED) is 0.855. The number of aromatic nitrogens is 2. The molecule has 7 nitrogen and oxygen atoms in total. The molecule has 2 aromatic heterocycles. The lowest BCUT2D eigenvalue weighted by Crippen LogP contribution is -2.67. The average Bonchev–Trinajstić information content (AvgIpc) is 3.06. The van der Waals surface area contributed by atoms with Crippen LogP contribution in [0.4, 0.5) is 0 Å². The van der Waals surface area contributed by atoms with Gasteiger partial charge < -0.3 is 18.8 Å². The van der Waals surface area contributed by atoms with Crippen LogP contribution < -0.4 is 4.74 Å². The van der Waals surface area contributed by atoms with Gasteiger partial charge >= 0.3 is 6.01 Å². The monoisotopic (exact) mass is 329 g/mol. The molecule has 0 aliphatic carbocycles. The molecule has 1 spiro atoms. The number of carbonyl (C=O) groups is 1. The van der Waals surface area contributed by atoms with Crippen molar-refractivity contribution >= 4 is 5.91 Å². The van der Waals surface area contributed by atoms with Gasteiger partial charge in [-0.3, -0.25) is 4.79 Å². The van der Waals surface area contributed by atoms with Crippen LogP contribution in [0.25, 0.3) is 0 Å². The Morgan fingerprint density at radius 3 is 3.04 bits per heavy atom. The Morgan fingerprint density at radius 1 is 1.42 bits per heavy atom. The summed E-state index contributed by atoms with van der Waals surface area (Å²) in [6.45, 7) is 3.63. The second kappa shape index (κ2) is 5.90. The van der Waals surface area contributed by atoms with Crippen LogP contribution in [-0.2, 0) is 4.74 Å². The molecule has 0 radical (unpaired) electrons. The maximum Gasteiger partial charge on any atom is 0.316 e. The first-order chi connectivity index (χ1) is 11.6. The van der Waals surface area contributed by atoms with E-state index in [-0.39, 0.29) is 17.6 Å². The highest BCUT2D eigenvalue weighted by Crippen LogP contribution is 2.36. The topological polar surface area (TPSA) is 77.7 Å². The summed E-state index contributed by atoms with van der Waals surface area (Å²) < 4.78 is 17.0. The summed E-state index contributed by atoms with van der Waals surface area (Å²) in [6.07, 6.45) is 4.73. The van der Waals surface area contributed by atoms with Crippen LogP contribution in [0.3, 0.4) is 0 Å².